The van der Waals surface area contributed by atoms with Crippen LogP contribution < -0.4 is 9.64 Å². The standard InChI is InChI=1S/C20H19ClN2O4/c1-2-9-26-22-11-12-10-15-17(8-7-16(21)18(15)27-12)23-19(24)13-5-3-4-6-14(13)20(23)25/h2,7-8,11-12H,1,3-6,9-10H2. The molecular formula is C20H19ClN2O4. The number of fused-ring (bicyclic) bond motifs is 1. The number of carbonyl (C=O) groups is 2. The van der Waals surface area contributed by atoms with Crippen LogP contribution in [0.25, 0.3) is 0 Å². The third kappa shape index (κ3) is 3.04. The summed E-state index contributed by atoms with van der Waals surface area (Å²) < 4.78 is 5.86. The van der Waals surface area contributed by atoms with E-state index in [4.69, 9.17) is 21.2 Å². The van der Waals surface area contributed by atoms with Crippen molar-refractivity contribution in [2.75, 3.05) is 11.5 Å². The van der Waals surface area contributed by atoms with Crippen LogP contribution in [0.3, 0.4) is 0 Å². The van der Waals surface area contributed by atoms with Gasteiger partial charge in [0.05, 0.1) is 16.9 Å². The molecule has 3 aliphatic rings. The molecule has 2 heterocycles. The number of halogens is 1. The summed E-state index contributed by atoms with van der Waals surface area (Å²) in [5.41, 5.74) is 2.60. The van der Waals surface area contributed by atoms with E-state index in [0.717, 1.165) is 18.4 Å². The van der Waals surface area contributed by atoms with Gasteiger partial charge in [0.25, 0.3) is 11.8 Å². The number of oxime groups is 1. The molecule has 4 rings (SSSR count). The van der Waals surface area contributed by atoms with Crippen LogP contribution in [0.4, 0.5) is 5.69 Å². The molecule has 0 spiro atoms. The summed E-state index contributed by atoms with van der Waals surface area (Å²) in [7, 11) is 0. The maximum absolute atomic E-state index is 12.9. The van der Waals surface area contributed by atoms with Crippen molar-refractivity contribution in [3.8, 4) is 5.75 Å². The van der Waals surface area contributed by atoms with E-state index in [1.165, 1.54) is 4.90 Å². The zero-order chi connectivity index (χ0) is 19.0. The van der Waals surface area contributed by atoms with Crippen molar-refractivity contribution in [2.45, 2.75) is 38.2 Å². The van der Waals surface area contributed by atoms with Gasteiger partial charge in [0.2, 0.25) is 0 Å². The van der Waals surface area contributed by atoms with Crippen molar-refractivity contribution in [2.24, 2.45) is 5.16 Å². The zero-order valence-corrected chi connectivity index (χ0v) is 15.5. The lowest BCUT2D eigenvalue weighted by atomic mass is 9.93. The lowest BCUT2D eigenvalue weighted by Crippen LogP contribution is -2.32. The van der Waals surface area contributed by atoms with Crippen molar-refractivity contribution in [1.29, 1.82) is 0 Å². The summed E-state index contributed by atoms with van der Waals surface area (Å²) in [5, 5.41) is 4.29. The van der Waals surface area contributed by atoms with Gasteiger partial charge in [-0.05, 0) is 37.8 Å². The van der Waals surface area contributed by atoms with Gasteiger partial charge in [0.15, 0.2) is 0 Å². The lowest BCUT2D eigenvalue weighted by Gasteiger charge is -2.18. The number of anilines is 1. The van der Waals surface area contributed by atoms with E-state index in [1.54, 1.807) is 24.4 Å². The fourth-order valence-electron chi connectivity index (χ4n) is 3.77. The monoisotopic (exact) mass is 386 g/mol. The molecule has 1 aromatic rings. The number of hydrogen-bond donors (Lipinski definition) is 0. The second-order valence-electron chi connectivity index (χ2n) is 6.68. The average molecular weight is 387 g/mol. The Hall–Kier alpha value is -2.60. The molecule has 0 fully saturated rings. The number of rotatable bonds is 5. The number of imide groups is 1. The quantitative estimate of drug-likeness (QED) is 0.255. The van der Waals surface area contributed by atoms with E-state index in [1.807, 2.05) is 0 Å². The summed E-state index contributed by atoms with van der Waals surface area (Å²) >= 11 is 6.28. The Labute approximate surface area is 162 Å². The zero-order valence-electron chi connectivity index (χ0n) is 14.7. The Bertz CT molecular complexity index is 862. The Balaban J connectivity index is 1.63. The predicted molar refractivity (Wildman–Crippen MR) is 102 cm³/mol. The molecule has 140 valence electrons. The first-order valence-corrected chi connectivity index (χ1v) is 9.34. The smallest absolute Gasteiger partial charge is 0.261 e. The molecule has 1 aliphatic carbocycles. The van der Waals surface area contributed by atoms with Gasteiger partial charge in [-0.25, -0.2) is 4.90 Å². The molecular weight excluding hydrogens is 368 g/mol. The molecule has 1 atom stereocenters. The number of amides is 2. The highest BCUT2D eigenvalue weighted by Crippen LogP contribution is 2.44. The van der Waals surface area contributed by atoms with Crippen molar-refractivity contribution in [3.63, 3.8) is 0 Å². The molecule has 27 heavy (non-hydrogen) atoms. The Morgan fingerprint density at radius 1 is 1.26 bits per heavy atom. The minimum atomic E-state index is -0.376. The highest BCUT2D eigenvalue weighted by Gasteiger charge is 2.42. The van der Waals surface area contributed by atoms with Gasteiger partial charge < -0.3 is 9.57 Å². The van der Waals surface area contributed by atoms with Crippen LogP contribution in [0, 0.1) is 0 Å². The van der Waals surface area contributed by atoms with E-state index >= 15 is 0 Å². The van der Waals surface area contributed by atoms with Crippen LogP contribution in [0.2, 0.25) is 5.02 Å². The minimum Gasteiger partial charge on any atom is -0.482 e. The molecule has 0 aromatic heterocycles. The fraction of sp³-hybridized carbons (Fsp3) is 0.350. The summed E-state index contributed by atoms with van der Waals surface area (Å²) in [4.78, 5) is 32.1. The molecule has 7 heteroatoms. The molecule has 0 bridgehead atoms. The Morgan fingerprint density at radius 3 is 2.63 bits per heavy atom. The molecule has 0 radical (unpaired) electrons. The van der Waals surface area contributed by atoms with Crippen LogP contribution in [0.1, 0.15) is 31.2 Å². The number of carbonyl (C=O) groups excluding carboxylic acids is 2. The second-order valence-corrected chi connectivity index (χ2v) is 7.09. The fourth-order valence-corrected chi connectivity index (χ4v) is 3.99. The molecule has 0 N–H and O–H groups in total. The van der Waals surface area contributed by atoms with E-state index < -0.39 is 0 Å². The van der Waals surface area contributed by atoms with Crippen LogP contribution in [0.5, 0.6) is 5.75 Å². The first kappa shape index (κ1) is 17.8. The van der Waals surface area contributed by atoms with Crippen LogP contribution in [-0.2, 0) is 20.8 Å². The van der Waals surface area contributed by atoms with Gasteiger partial charge in [-0.1, -0.05) is 29.4 Å². The third-order valence-corrected chi connectivity index (χ3v) is 5.29. The molecule has 0 saturated carbocycles. The normalized spacial score (nSPS) is 21.5. The van der Waals surface area contributed by atoms with Gasteiger partial charge >= 0.3 is 0 Å². The predicted octanol–water partition coefficient (Wildman–Crippen LogP) is 3.58. The summed E-state index contributed by atoms with van der Waals surface area (Å²) in [6.07, 6.45) is 6.42. The van der Waals surface area contributed by atoms with Crippen molar-refractivity contribution >= 4 is 35.3 Å². The number of hydrogen-bond acceptors (Lipinski definition) is 5. The van der Waals surface area contributed by atoms with Gasteiger partial charge in [-0.15, -0.1) is 0 Å². The first-order chi connectivity index (χ1) is 13.1. The van der Waals surface area contributed by atoms with Crippen LogP contribution in [0.15, 0.2) is 41.1 Å². The van der Waals surface area contributed by atoms with Crippen molar-refractivity contribution in [3.05, 3.63) is 46.5 Å². The highest BCUT2D eigenvalue weighted by molar-refractivity contribution is 6.34. The number of benzene rings is 1. The lowest BCUT2D eigenvalue weighted by molar-refractivity contribution is -0.120. The molecule has 2 amide bonds. The van der Waals surface area contributed by atoms with Crippen molar-refractivity contribution < 1.29 is 19.2 Å². The molecule has 1 aromatic carbocycles. The summed E-state index contributed by atoms with van der Waals surface area (Å²) in [6, 6.07) is 3.37. The van der Waals surface area contributed by atoms with E-state index in [9.17, 15) is 9.59 Å². The van der Waals surface area contributed by atoms with E-state index in [0.29, 0.717) is 53.5 Å². The summed E-state index contributed by atoms with van der Waals surface area (Å²) in [5.74, 6) is 0.0520. The van der Waals surface area contributed by atoms with E-state index in [2.05, 4.69) is 11.7 Å². The molecule has 1 unspecified atom stereocenters. The maximum Gasteiger partial charge on any atom is 0.261 e. The minimum absolute atomic E-state index is 0.217. The first-order valence-electron chi connectivity index (χ1n) is 8.97. The Morgan fingerprint density at radius 2 is 1.96 bits per heavy atom. The van der Waals surface area contributed by atoms with Crippen LogP contribution in [-0.4, -0.2) is 30.7 Å². The topological polar surface area (TPSA) is 68.2 Å². The SMILES string of the molecule is C=CCON=CC1Cc2c(N3C(=O)C4=C(CCCC4)C3=O)ccc(Cl)c2O1. The second kappa shape index (κ2) is 7.19. The Kier molecular flexibility index (Phi) is 4.74. The van der Waals surface area contributed by atoms with Gasteiger partial charge in [-0.2, -0.15) is 0 Å². The van der Waals surface area contributed by atoms with Gasteiger partial charge in [0, 0.05) is 23.1 Å². The summed E-state index contributed by atoms with van der Waals surface area (Å²) in [6.45, 7) is 3.86. The van der Waals surface area contributed by atoms with E-state index in [-0.39, 0.29) is 17.9 Å². The molecule has 2 aliphatic heterocycles. The molecule has 0 saturated heterocycles. The van der Waals surface area contributed by atoms with Gasteiger partial charge in [-0.3, -0.25) is 9.59 Å². The number of ether oxygens (including phenoxy) is 1. The third-order valence-electron chi connectivity index (χ3n) is 4.99. The average Bonchev–Trinajstić information content (AvgIpc) is 3.21. The highest BCUT2D eigenvalue weighted by atomic mass is 35.5. The largest absolute Gasteiger partial charge is 0.482 e. The van der Waals surface area contributed by atoms with Crippen LogP contribution >= 0.6 is 11.6 Å². The van der Waals surface area contributed by atoms with Crippen molar-refractivity contribution in [1.82, 2.24) is 0 Å². The number of nitrogens with zero attached hydrogens (tertiary/aromatic N) is 2. The molecule has 6 nitrogen and oxygen atoms in total. The maximum atomic E-state index is 12.9. The van der Waals surface area contributed by atoms with Gasteiger partial charge in [0.1, 0.15) is 18.5 Å².